The fourth-order valence-corrected chi connectivity index (χ4v) is 6.27. The van der Waals surface area contributed by atoms with Crippen molar-refractivity contribution >= 4 is 12.3 Å². The van der Waals surface area contributed by atoms with E-state index in [9.17, 15) is 9.18 Å². The predicted molar refractivity (Wildman–Crippen MR) is 142 cm³/mol. The van der Waals surface area contributed by atoms with Gasteiger partial charge in [0.05, 0.1) is 19.5 Å². The third kappa shape index (κ3) is 5.80. The summed E-state index contributed by atoms with van der Waals surface area (Å²) in [4.78, 5) is 22.0. The van der Waals surface area contributed by atoms with Gasteiger partial charge in [-0.2, -0.15) is 0 Å². The molecule has 36 heavy (non-hydrogen) atoms. The van der Waals surface area contributed by atoms with Crippen LogP contribution in [0.2, 0.25) is 0 Å². The van der Waals surface area contributed by atoms with Crippen molar-refractivity contribution in [3.8, 4) is 0 Å². The van der Waals surface area contributed by atoms with Gasteiger partial charge >= 0.3 is 5.97 Å². The Labute approximate surface area is 215 Å². The number of rotatable bonds is 9. The van der Waals surface area contributed by atoms with E-state index in [1.54, 1.807) is 12.1 Å². The maximum absolute atomic E-state index is 13.5. The van der Waals surface area contributed by atoms with Crippen molar-refractivity contribution in [1.82, 2.24) is 9.80 Å². The Morgan fingerprint density at radius 3 is 2.39 bits per heavy atom. The first kappa shape index (κ1) is 26.3. The number of esters is 1. The van der Waals surface area contributed by atoms with E-state index in [-0.39, 0.29) is 23.9 Å². The molecule has 0 amide bonds. The molecule has 5 nitrogen and oxygen atoms in total. The number of aliphatic imine (C=N–C) groups is 1. The first-order valence-corrected chi connectivity index (χ1v) is 13.2. The Balaban J connectivity index is 1.42. The third-order valence-electron chi connectivity index (χ3n) is 8.29. The summed E-state index contributed by atoms with van der Waals surface area (Å²) in [7, 11) is 5.68. The number of halogens is 1. The minimum Gasteiger partial charge on any atom is -0.467 e. The lowest BCUT2D eigenvalue weighted by Crippen LogP contribution is -2.51. The standard InChI is InChI=1S/C30H40FN3O2/c1-30(29(35)36-4)27(34(21-32-30)19-18-22-8-6-5-7-9-22)20-23-10-12-24(13-11-23)28(33(2)3)25-14-16-26(31)17-15-25/h5-9,14-17,21,23-24,27-28H,10-13,18-20H2,1-4H3. The summed E-state index contributed by atoms with van der Waals surface area (Å²) in [6.07, 6.45) is 8.19. The molecule has 1 aliphatic heterocycles. The lowest BCUT2D eigenvalue weighted by molar-refractivity contribution is -0.148. The molecule has 2 aromatic carbocycles. The van der Waals surface area contributed by atoms with Gasteiger partial charge in [0.1, 0.15) is 5.82 Å². The molecule has 1 saturated carbocycles. The van der Waals surface area contributed by atoms with E-state index in [1.165, 1.54) is 18.2 Å². The van der Waals surface area contributed by atoms with Gasteiger partial charge in [-0.05, 0) is 81.8 Å². The van der Waals surface area contributed by atoms with Gasteiger partial charge in [0.15, 0.2) is 5.54 Å². The molecule has 2 aromatic rings. The van der Waals surface area contributed by atoms with E-state index in [2.05, 4.69) is 53.2 Å². The molecule has 0 saturated heterocycles. The molecular weight excluding hydrogens is 453 g/mol. The van der Waals surface area contributed by atoms with Crippen molar-refractivity contribution in [3.63, 3.8) is 0 Å². The molecule has 2 aliphatic rings. The third-order valence-corrected chi connectivity index (χ3v) is 8.29. The number of benzene rings is 2. The Morgan fingerprint density at radius 1 is 1.11 bits per heavy atom. The lowest BCUT2D eigenvalue weighted by Gasteiger charge is -2.40. The molecule has 6 heteroatoms. The van der Waals surface area contributed by atoms with E-state index in [0.717, 1.165) is 45.1 Å². The Kier molecular flexibility index (Phi) is 8.45. The molecule has 1 aliphatic carbocycles. The molecule has 1 fully saturated rings. The number of hydrogen-bond acceptors (Lipinski definition) is 5. The molecule has 0 spiro atoms. The van der Waals surface area contributed by atoms with Crippen molar-refractivity contribution in [2.45, 2.75) is 63.1 Å². The average Bonchev–Trinajstić information content (AvgIpc) is 3.21. The van der Waals surface area contributed by atoms with E-state index in [0.29, 0.717) is 11.8 Å². The number of nitrogens with zero attached hydrogens (tertiary/aromatic N) is 3. The van der Waals surface area contributed by atoms with Crippen LogP contribution in [-0.2, 0) is 16.0 Å². The number of ether oxygens (including phenoxy) is 1. The van der Waals surface area contributed by atoms with Gasteiger partial charge in [-0.3, -0.25) is 4.99 Å². The monoisotopic (exact) mass is 493 g/mol. The van der Waals surface area contributed by atoms with Crippen molar-refractivity contribution in [1.29, 1.82) is 0 Å². The van der Waals surface area contributed by atoms with Crippen molar-refractivity contribution in [2.24, 2.45) is 16.8 Å². The highest BCUT2D eigenvalue weighted by Gasteiger charge is 2.49. The Bertz CT molecular complexity index is 1020. The highest BCUT2D eigenvalue weighted by Crippen LogP contribution is 2.42. The Morgan fingerprint density at radius 2 is 1.78 bits per heavy atom. The molecular formula is C30H40FN3O2. The molecule has 4 rings (SSSR count). The van der Waals surface area contributed by atoms with Crippen molar-refractivity contribution in [3.05, 3.63) is 71.5 Å². The molecule has 0 aromatic heterocycles. The number of carbonyl (C=O) groups excluding carboxylic acids is 1. The Hall–Kier alpha value is -2.73. The van der Waals surface area contributed by atoms with Crippen LogP contribution in [-0.4, -0.2) is 61.4 Å². The second-order valence-electron chi connectivity index (χ2n) is 10.8. The summed E-state index contributed by atoms with van der Waals surface area (Å²) in [6, 6.07) is 17.7. The zero-order valence-corrected chi connectivity index (χ0v) is 22.1. The summed E-state index contributed by atoms with van der Waals surface area (Å²) < 4.78 is 18.7. The van der Waals surface area contributed by atoms with E-state index in [4.69, 9.17) is 4.74 Å². The number of methoxy groups -OCH3 is 1. The predicted octanol–water partition coefficient (Wildman–Crippen LogP) is 5.51. The summed E-state index contributed by atoms with van der Waals surface area (Å²) in [5, 5.41) is 0. The van der Waals surface area contributed by atoms with Crippen LogP contribution in [0.4, 0.5) is 4.39 Å². The summed E-state index contributed by atoms with van der Waals surface area (Å²) >= 11 is 0. The van der Waals surface area contributed by atoms with Crippen LogP contribution in [0.3, 0.4) is 0 Å². The topological polar surface area (TPSA) is 45.1 Å². The highest BCUT2D eigenvalue weighted by molar-refractivity contribution is 5.86. The molecule has 3 unspecified atom stereocenters. The summed E-state index contributed by atoms with van der Waals surface area (Å²) in [5.74, 6) is 0.614. The fraction of sp³-hybridized carbons (Fsp3) is 0.533. The van der Waals surface area contributed by atoms with Crippen LogP contribution in [0.25, 0.3) is 0 Å². The molecule has 0 radical (unpaired) electrons. The van der Waals surface area contributed by atoms with E-state index < -0.39 is 5.54 Å². The largest absolute Gasteiger partial charge is 0.467 e. The van der Waals surface area contributed by atoms with Gasteiger partial charge < -0.3 is 14.5 Å². The smallest absolute Gasteiger partial charge is 0.335 e. The molecule has 0 bridgehead atoms. The summed E-state index contributed by atoms with van der Waals surface area (Å²) in [5.41, 5.74) is 1.59. The molecule has 0 N–H and O–H groups in total. The van der Waals surface area contributed by atoms with Gasteiger partial charge in [0, 0.05) is 12.6 Å². The second kappa shape index (κ2) is 11.5. The van der Waals surface area contributed by atoms with Crippen LogP contribution in [0, 0.1) is 17.7 Å². The molecule has 1 heterocycles. The van der Waals surface area contributed by atoms with E-state index >= 15 is 0 Å². The van der Waals surface area contributed by atoms with Crippen LogP contribution in [0.5, 0.6) is 0 Å². The van der Waals surface area contributed by atoms with Gasteiger partial charge in [0.2, 0.25) is 0 Å². The van der Waals surface area contributed by atoms with Crippen LogP contribution in [0.1, 0.15) is 56.2 Å². The van der Waals surface area contributed by atoms with Gasteiger partial charge in [-0.1, -0.05) is 55.3 Å². The van der Waals surface area contributed by atoms with Gasteiger partial charge in [-0.25, -0.2) is 9.18 Å². The number of hydrogen-bond donors (Lipinski definition) is 0. The van der Waals surface area contributed by atoms with Crippen LogP contribution in [0.15, 0.2) is 59.6 Å². The highest BCUT2D eigenvalue weighted by atomic mass is 19.1. The molecule has 194 valence electrons. The zero-order chi connectivity index (χ0) is 25.7. The minimum absolute atomic E-state index is 0.00282. The normalized spacial score (nSPS) is 26.8. The van der Waals surface area contributed by atoms with Crippen LogP contribution < -0.4 is 0 Å². The second-order valence-corrected chi connectivity index (χ2v) is 10.8. The van der Waals surface area contributed by atoms with Crippen molar-refractivity contribution < 1.29 is 13.9 Å². The SMILES string of the molecule is COC(=O)C1(C)N=CN(CCc2ccccc2)C1CC1CCC(C(c2ccc(F)cc2)N(C)C)CC1. The lowest BCUT2D eigenvalue weighted by atomic mass is 9.73. The summed E-state index contributed by atoms with van der Waals surface area (Å²) in [6.45, 7) is 2.75. The maximum Gasteiger partial charge on any atom is 0.335 e. The first-order valence-electron chi connectivity index (χ1n) is 13.2. The quantitative estimate of drug-likeness (QED) is 0.432. The fourth-order valence-electron chi connectivity index (χ4n) is 6.27. The average molecular weight is 494 g/mol. The van der Waals surface area contributed by atoms with E-state index in [1.807, 2.05) is 31.5 Å². The van der Waals surface area contributed by atoms with Crippen LogP contribution >= 0.6 is 0 Å². The number of carbonyl (C=O) groups is 1. The van der Waals surface area contributed by atoms with Gasteiger partial charge in [0.25, 0.3) is 0 Å². The molecule has 3 atom stereocenters. The first-order chi connectivity index (χ1) is 17.3. The minimum atomic E-state index is -0.872. The van der Waals surface area contributed by atoms with Gasteiger partial charge in [-0.15, -0.1) is 0 Å². The zero-order valence-electron chi connectivity index (χ0n) is 22.1. The maximum atomic E-state index is 13.5. The van der Waals surface area contributed by atoms with Crippen molar-refractivity contribution in [2.75, 3.05) is 27.7 Å².